The molecule has 130 valence electrons. The summed E-state index contributed by atoms with van der Waals surface area (Å²) in [5.41, 5.74) is 0.653. The molecule has 0 fully saturated rings. The smallest absolute Gasteiger partial charge is 0.390 e. The van der Waals surface area contributed by atoms with E-state index in [4.69, 9.17) is 4.42 Å². The van der Waals surface area contributed by atoms with E-state index in [-0.39, 0.29) is 24.0 Å². The number of nitrogens with zero attached hydrogens (tertiary/aromatic N) is 5. The lowest BCUT2D eigenvalue weighted by Crippen LogP contribution is -2.27. The highest BCUT2D eigenvalue weighted by atomic mass is 16.6. The number of aromatic nitrogens is 4. The predicted molar refractivity (Wildman–Crippen MR) is 86.0 cm³/mol. The van der Waals surface area contributed by atoms with Gasteiger partial charge >= 0.3 is 5.82 Å². The van der Waals surface area contributed by atoms with Crippen LogP contribution in [-0.4, -0.2) is 36.9 Å². The van der Waals surface area contributed by atoms with Crippen molar-refractivity contribution < 1.29 is 14.1 Å². The van der Waals surface area contributed by atoms with Gasteiger partial charge in [-0.15, -0.1) is 0 Å². The minimum atomic E-state index is -0.550. The second-order valence-electron chi connectivity index (χ2n) is 5.35. The van der Waals surface area contributed by atoms with Crippen LogP contribution in [-0.2, 0) is 13.1 Å². The second kappa shape index (κ2) is 6.99. The Balaban J connectivity index is 1.53. The van der Waals surface area contributed by atoms with Gasteiger partial charge in [0.05, 0.1) is 29.9 Å². The Morgan fingerprint density at radius 3 is 2.96 bits per heavy atom. The van der Waals surface area contributed by atoms with E-state index in [1.165, 1.54) is 10.7 Å². The van der Waals surface area contributed by atoms with Crippen LogP contribution < -0.4 is 5.32 Å². The van der Waals surface area contributed by atoms with Crippen LogP contribution in [0.1, 0.15) is 22.0 Å². The van der Waals surface area contributed by atoms with Gasteiger partial charge in [0.15, 0.2) is 5.76 Å². The van der Waals surface area contributed by atoms with Gasteiger partial charge in [-0.1, -0.05) is 0 Å². The summed E-state index contributed by atoms with van der Waals surface area (Å²) in [7, 11) is 0. The van der Waals surface area contributed by atoms with Crippen LogP contribution in [0.4, 0.5) is 5.82 Å². The molecule has 3 rings (SSSR count). The molecule has 3 heterocycles. The first kappa shape index (κ1) is 16.4. The van der Waals surface area contributed by atoms with E-state index >= 15 is 0 Å². The van der Waals surface area contributed by atoms with Crippen molar-refractivity contribution in [3.05, 3.63) is 64.0 Å². The normalized spacial score (nSPS) is 10.8. The third-order valence-electron chi connectivity index (χ3n) is 3.53. The van der Waals surface area contributed by atoms with Crippen molar-refractivity contribution in [1.29, 1.82) is 0 Å². The molecule has 0 bridgehead atoms. The van der Waals surface area contributed by atoms with Gasteiger partial charge in [-0.05, 0) is 30.0 Å². The zero-order valence-electron chi connectivity index (χ0n) is 13.5. The van der Waals surface area contributed by atoms with Gasteiger partial charge in [0.1, 0.15) is 5.76 Å². The first-order valence-corrected chi connectivity index (χ1v) is 7.56. The highest BCUT2D eigenvalue weighted by Crippen LogP contribution is 2.11. The number of hydrogen-bond donors (Lipinski definition) is 1. The molecule has 10 nitrogen and oxygen atoms in total. The average molecular weight is 344 g/mol. The Kier molecular flexibility index (Phi) is 4.59. The van der Waals surface area contributed by atoms with Crippen LogP contribution in [0.3, 0.4) is 0 Å². The molecule has 0 radical (unpaired) electrons. The summed E-state index contributed by atoms with van der Waals surface area (Å²) in [6.07, 6.45) is 3.46. The zero-order chi connectivity index (χ0) is 17.8. The lowest BCUT2D eigenvalue weighted by atomic mass is 10.4. The lowest BCUT2D eigenvalue weighted by Gasteiger charge is -2.03. The monoisotopic (exact) mass is 344 g/mol. The first-order chi connectivity index (χ1) is 12.0. The summed E-state index contributed by atoms with van der Waals surface area (Å²) >= 11 is 0. The topological polar surface area (TPSA) is 121 Å². The molecule has 1 amide bonds. The highest BCUT2D eigenvalue weighted by molar-refractivity contribution is 5.91. The number of nitrogens with one attached hydrogen (secondary N) is 1. The summed E-state index contributed by atoms with van der Waals surface area (Å²) in [5, 5.41) is 21.3. The van der Waals surface area contributed by atoms with Crippen LogP contribution in [0, 0.1) is 17.0 Å². The van der Waals surface area contributed by atoms with E-state index in [1.807, 2.05) is 0 Å². The van der Waals surface area contributed by atoms with E-state index < -0.39 is 4.92 Å². The molecule has 0 saturated heterocycles. The van der Waals surface area contributed by atoms with Gasteiger partial charge in [0, 0.05) is 18.9 Å². The lowest BCUT2D eigenvalue weighted by molar-refractivity contribution is -0.389. The molecular formula is C15H16N6O4. The first-order valence-electron chi connectivity index (χ1n) is 7.56. The number of nitro groups is 1. The Labute approximate surface area is 142 Å². The van der Waals surface area contributed by atoms with Crippen molar-refractivity contribution in [2.45, 2.75) is 20.0 Å². The number of carbonyl (C=O) groups is 1. The molecule has 0 atom stereocenters. The molecule has 25 heavy (non-hydrogen) atoms. The van der Waals surface area contributed by atoms with Crippen LogP contribution in [0.5, 0.6) is 0 Å². The molecule has 1 N–H and O–H groups in total. The van der Waals surface area contributed by atoms with Crippen LogP contribution >= 0.6 is 0 Å². The number of hydrogen-bond acceptors (Lipinski definition) is 6. The van der Waals surface area contributed by atoms with Crippen LogP contribution in [0.15, 0.2) is 41.1 Å². The average Bonchev–Trinajstić information content (AvgIpc) is 3.30. The minimum absolute atomic E-state index is 0.199. The van der Waals surface area contributed by atoms with Crippen molar-refractivity contribution in [2.24, 2.45) is 0 Å². The van der Waals surface area contributed by atoms with Gasteiger partial charge in [-0.25, -0.2) is 0 Å². The molecule has 0 aliphatic heterocycles. The van der Waals surface area contributed by atoms with E-state index in [9.17, 15) is 14.9 Å². The van der Waals surface area contributed by atoms with Gasteiger partial charge in [-0.3, -0.25) is 9.48 Å². The van der Waals surface area contributed by atoms with Gasteiger partial charge < -0.3 is 19.8 Å². The maximum Gasteiger partial charge on any atom is 0.390 e. The molecule has 0 unspecified atom stereocenters. The number of amides is 1. The summed E-state index contributed by atoms with van der Waals surface area (Å²) in [5.74, 6) is 0.252. The minimum Gasteiger partial charge on any atom is -0.454 e. The molecule has 3 aromatic heterocycles. The number of furan rings is 1. The fraction of sp³-hybridized carbons (Fsp3) is 0.267. The molecule has 3 aromatic rings. The fourth-order valence-corrected chi connectivity index (χ4v) is 2.31. The number of aryl methyl sites for hydroxylation is 1. The molecular weight excluding hydrogens is 328 g/mol. The summed E-state index contributed by atoms with van der Waals surface area (Å²) in [6.45, 7) is 2.76. The van der Waals surface area contributed by atoms with Gasteiger partial charge in [0.2, 0.25) is 0 Å². The SMILES string of the molecule is Cc1cc([N+](=O)[O-])nn1CCNC(=O)c1ccc(Cn2cccn2)o1. The Morgan fingerprint density at radius 1 is 1.44 bits per heavy atom. The summed E-state index contributed by atoms with van der Waals surface area (Å²) in [6, 6.07) is 6.50. The van der Waals surface area contributed by atoms with E-state index in [0.29, 0.717) is 24.5 Å². The predicted octanol–water partition coefficient (Wildman–Crippen LogP) is 1.37. The standard InChI is InChI=1S/C15H16N6O4/c1-11-9-14(21(23)24)18-20(11)8-6-16-15(22)13-4-3-12(25-13)10-19-7-2-5-17-19/h2-5,7,9H,6,8,10H2,1H3,(H,16,22). The quantitative estimate of drug-likeness (QED) is 0.510. The molecule has 0 aliphatic carbocycles. The van der Waals surface area contributed by atoms with E-state index in [1.54, 1.807) is 42.2 Å². The maximum atomic E-state index is 12.1. The van der Waals surface area contributed by atoms with Crippen molar-refractivity contribution in [3.63, 3.8) is 0 Å². The number of rotatable bonds is 7. The summed E-state index contributed by atoms with van der Waals surface area (Å²) < 4.78 is 8.66. The third-order valence-corrected chi connectivity index (χ3v) is 3.53. The number of carbonyl (C=O) groups excluding carboxylic acids is 1. The summed E-state index contributed by atoms with van der Waals surface area (Å²) in [4.78, 5) is 22.2. The van der Waals surface area contributed by atoms with Crippen molar-refractivity contribution in [3.8, 4) is 0 Å². The molecule has 10 heteroatoms. The van der Waals surface area contributed by atoms with Crippen molar-refractivity contribution >= 4 is 11.7 Å². The van der Waals surface area contributed by atoms with Gasteiger partial charge in [-0.2, -0.15) is 9.78 Å². The molecule has 0 aliphatic rings. The zero-order valence-corrected chi connectivity index (χ0v) is 13.5. The Morgan fingerprint density at radius 2 is 2.28 bits per heavy atom. The van der Waals surface area contributed by atoms with Gasteiger partial charge in [0.25, 0.3) is 5.91 Å². The Bertz CT molecular complexity index is 880. The maximum absolute atomic E-state index is 12.1. The van der Waals surface area contributed by atoms with Crippen molar-refractivity contribution in [1.82, 2.24) is 24.9 Å². The second-order valence-corrected chi connectivity index (χ2v) is 5.35. The highest BCUT2D eigenvalue weighted by Gasteiger charge is 2.16. The molecule has 0 aromatic carbocycles. The molecule has 0 spiro atoms. The fourth-order valence-electron chi connectivity index (χ4n) is 2.31. The van der Waals surface area contributed by atoms with Crippen LogP contribution in [0.25, 0.3) is 0 Å². The van der Waals surface area contributed by atoms with Crippen molar-refractivity contribution in [2.75, 3.05) is 6.54 Å². The Hall–Kier alpha value is -3.43. The van der Waals surface area contributed by atoms with E-state index in [0.717, 1.165) is 0 Å². The third kappa shape index (κ3) is 3.91. The van der Waals surface area contributed by atoms with E-state index in [2.05, 4.69) is 15.5 Å². The largest absolute Gasteiger partial charge is 0.454 e. The molecule has 0 saturated carbocycles. The van der Waals surface area contributed by atoms with Crippen LogP contribution in [0.2, 0.25) is 0 Å².